The van der Waals surface area contributed by atoms with Crippen molar-refractivity contribution < 1.29 is 4.39 Å². The maximum atomic E-state index is 13.0. The number of aryl methyl sites for hydroxylation is 2. The SMILES string of the molecule is C=Cc1ccc(CCN(CCC)CC(C)F)cc1.CC.CC.CC/C=C\c1c(C)c(C)cc(CC)c1CC. The minimum atomic E-state index is -0.750. The second kappa shape index (κ2) is 23.9. The first-order valence-electron chi connectivity index (χ1n) is 15.2. The van der Waals surface area contributed by atoms with Gasteiger partial charge in [0, 0.05) is 13.1 Å². The van der Waals surface area contributed by atoms with Crippen LogP contribution in [0.3, 0.4) is 0 Å². The molecule has 0 N–H and O–H groups in total. The van der Waals surface area contributed by atoms with Crippen LogP contribution in [0.25, 0.3) is 12.2 Å². The molecule has 0 bridgehead atoms. The summed E-state index contributed by atoms with van der Waals surface area (Å²) in [6.07, 6.45) is 11.1. The van der Waals surface area contributed by atoms with Gasteiger partial charge in [-0.3, -0.25) is 0 Å². The minimum Gasteiger partial charge on any atom is -0.300 e. The highest BCUT2D eigenvalue weighted by molar-refractivity contribution is 5.62. The van der Waals surface area contributed by atoms with Crippen LogP contribution in [0.2, 0.25) is 0 Å². The zero-order chi connectivity index (χ0) is 29.5. The Bertz CT molecular complexity index is 877. The van der Waals surface area contributed by atoms with Gasteiger partial charge in [-0.05, 0) is 98.4 Å². The van der Waals surface area contributed by atoms with E-state index in [4.69, 9.17) is 0 Å². The van der Waals surface area contributed by atoms with Crippen molar-refractivity contribution in [3.8, 4) is 0 Å². The summed E-state index contributed by atoms with van der Waals surface area (Å²) >= 11 is 0. The zero-order valence-corrected chi connectivity index (χ0v) is 26.9. The number of benzene rings is 2. The number of hydrogen-bond donors (Lipinski definition) is 0. The lowest BCUT2D eigenvalue weighted by Gasteiger charge is -2.22. The number of rotatable bonds is 12. The van der Waals surface area contributed by atoms with E-state index in [9.17, 15) is 4.39 Å². The van der Waals surface area contributed by atoms with Gasteiger partial charge in [0.05, 0.1) is 0 Å². The van der Waals surface area contributed by atoms with Crippen molar-refractivity contribution in [2.75, 3.05) is 19.6 Å². The van der Waals surface area contributed by atoms with Gasteiger partial charge in [0.15, 0.2) is 0 Å². The highest BCUT2D eigenvalue weighted by atomic mass is 19.1. The van der Waals surface area contributed by atoms with Gasteiger partial charge in [-0.25, -0.2) is 4.39 Å². The standard InChI is InChI=1S/C16H24FN.C16H24.2C2H6/c1-4-11-18(13-14(3)17)12-10-16-8-6-15(5-2)7-9-16;1-6-9-10-16-13(5)12(4)11-14(7-2)15(16)8-3;2*1-2/h5-9,14H,2,4,10-13H2,1,3H3;9-11H,6-8H2,1-5H3;2*1-2H3/b;10-9-;;. The number of alkyl halides is 1. The van der Waals surface area contributed by atoms with Crippen LogP contribution in [-0.2, 0) is 19.3 Å². The van der Waals surface area contributed by atoms with E-state index in [1.165, 1.54) is 33.4 Å². The second-order valence-electron chi connectivity index (χ2n) is 9.16. The van der Waals surface area contributed by atoms with Crippen LogP contribution < -0.4 is 0 Å². The lowest BCUT2D eigenvalue weighted by molar-refractivity contribution is 0.203. The molecule has 0 saturated carbocycles. The molecule has 38 heavy (non-hydrogen) atoms. The third-order valence-electron chi connectivity index (χ3n) is 6.34. The van der Waals surface area contributed by atoms with Gasteiger partial charge < -0.3 is 4.90 Å². The first kappa shape index (κ1) is 38.0. The average molecular weight is 526 g/mol. The van der Waals surface area contributed by atoms with Crippen LogP contribution in [0.1, 0.15) is 114 Å². The number of allylic oxidation sites excluding steroid dienone is 1. The molecule has 0 spiro atoms. The number of halogens is 1. The van der Waals surface area contributed by atoms with Crippen molar-refractivity contribution in [1.82, 2.24) is 4.90 Å². The summed E-state index contributed by atoms with van der Waals surface area (Å²) in [7, 11) is 0. The molecule has 1 atom stereocenters. The van der Waals surface area contributed by atoms with Gasteiger partial charge in [0.25, 0.3) is 0 Å². The van der Waals surface area contributed by atoms with Gasteiger partial charge in [-0.1, -0.05) is 111 Å². The Balaban J connectivity index is 0. The first-order valence-corrected chi connectivity index (χ1v) is 15.2. The monoisotopic (exact) mass is 525 g/mol. The highest BCUT2D eigenvalue weighted by Gasteiger charge is 2.09. The van der Waals surface area contributed by atoms with Crippen LogP contribution in [0, 0.1) is 13.8 Å². The molecule has 2 aromatic carbocycles. The molecule has 0 saturated heterocycles. The Hall–Kier alpha value is -2.19. The summed E-state index contributed by atoms with van der Waals surface area (Å²) in [5.74, 6) is 0. The highest BCUT2D eigenvalue weighted by Crippen LogP contribution is 2.25. The molecular weight excluding hydrogens is 465 g/mol. The van der Waals surface area contributed by atoms with E-state index >= 15 is 0 Å². The first-order chi connectivity index (χ1) is 18.3. The number of hydrogen-bond acceptors (Lipinski definition) is 1. The second-order valence-corrected chi connectivity index (χ2v) is 9.16. The largest absolute Gasteiger partial charge is 0.300 e. The quantitative estimate of drug-likeness (QED) is 0.266. The summed E-state index contributed by atoms with van der Waals surface area (Å²) in [5.41, 5.74) is 9.82. The predicted octanol–water partition coefficient (Wildman–Crippen LogP) is 10.8. The predicted molar refractivity (Wildman–Crippen MR) is 174 cm³/mol. The fraction of sp³-hybridized carbons (Fsp3) is 0.556. The number of nitrogens with zero attached hydrogens (tertiary/aromatic N) is 1. The summed E-state index contributed by atoms with van der Waals surface area (Å²) in [6.45, 7) is 29.1. The van der Waals surface area contributed by atoms with E-state index in [1.54, 1.807) is 6.92 Å². The van der Waals surface area contributed by atoms with Crippen molar-refractivity contribution in [2.45, 2.75) is 114 Å². The fourth-order valence-electron chi connectivity index (χ4n) is 4.34. The lowest BCUT2D eigenvalue weighted by atomic mass is 9.90. The van der Waals surface area contributed by atoms with Crippen molar-refractivity contribution in [2.24, 2.45) is 0 Å². The Morgan fingerprint density at radius 1 is 0.921 bits per heavy atom. The third-order valence-corrected chi connectivity index (χ3v) is 6.34. The molecule has 0 aliphatic heterocycles. The van der Waals surface area contributed by atoms with Gasteiger partial charge in [-0.2, -0.15) is 0 Å². The Kier molecular flexibility index (Phi) is 23.9. The molecule has 2 aromatic rings. The average Bonchev–Trinajstić information content (AvgIpc) is 2.94. The summed E-state index contributed by atoms with van der Waals surface area (Å²) in [4.78, 5) is 2.20. The summed E-state index contributed by atoms with van der Waals surface area (Å²) in [6, 6.07) is 10.8. The van der Waals surface area contributed by atoms with E-state index in [2.05, 4.69) is 95.5 Å². The Labute approximate surface area is 237 Å². The Morgan fingerprint density at radius 3 is 1.97 bits per heavy atom. The van der Waals surface area contributed by atoms with Gasteiger partial charge in [-0.15, -0.1) is 0 Å². The van der Waals surface area contributed by atoms with E-state index in [1.807, 2.05) is 33.8 Å². The smallest absolute Gasteiger partial charge is 0.110 e. The topological polar surface area (TPSA) is 3.24 Å². The minimum absolute atomic E-state index is 0.540. The van der Waals surface area contributed by atoms with Crippen LogP contribution in [0.4, 0.5) is 4.39 Å². The lowest BCUT2D eigenvalue weighted by Crippen LogP contribution is -2.32. The molecule has 0 aliphatic rings. The molecule has 0 radical (unpaired) electrons. The molecule has 216 valence electrons. The van der Waals surface area contributed by atoms with Crippen LogP contribution >= 0.6 is 0 Å². The van der Waals surface area contributed by atoms with E-state index < -0.39 is 6.17 Å². The van der Waals surface area contributed by atoms with Crippen LogP contribution in [0.15, 0.2) is 43.0 Å². The third kappa shape index (κ3) is 14.7. The van der Waals surface area contributed by atoms with Gasteiger partial charge >= 0.3 is 0 Å². The maximum absolute atomic E-state index is 13.0. The molecule has 2 heteroatoms. The summed E-state index contributed by atoms with van der Waals surface area (Å²) < 4.78 is 13.0. The van der Waals surface area contributed by atoms with Crippen molar-refractivity contribution in [1.29, 1.82) is 0 Å². The molecule has 0 aromatic heterocycles. The molecule has 1 nitrogen and oxygen atoms in total. The van der Waals surface area contributed by atoms with E-state index in [0.717, 1.165) is 50.8 Å². The van der Waals surface area contributed by atoms with E-state index in [0.29, 0.717) is 6.54 Å². The molecule has 1 unspecified atom stereocenters. The maximum Gasteiger partial charge on any atom is 0.110 e. The van der Waals surface area contributed by atoms with Crippen molar-refractivity contribution >= 4 is 12.2 Å². The molecule has 0 fully saturated rings. The van der Waals surface area contributed by atoms with Gasteiger partial charge in [0.1, 0.15) is 6.17 Å². The Morgan fingerprint density at radius 2 is 1.53 bits per heavy atom. The van der Waals surface area contributed by atoms with Gasteiger partial charge in [0.2, 0.25) is 0 Å². The van der Waals surface area contributed by atoms with Crippen LogP contribution in [0.5, 0.6) is 0 Å². The molecule has 0 heterocycles. The summed E-state index contributed by atoms with van der Waals surface area (Å²) in [5, 5.41) is 0. The molecular formula is C36H60FN. The van der Waals surface area contributed by atoms with E-state index in [-0.39, 0.29) is 0 Å². The fourth-order valence-corrected chi connectivity index (χ4v) is 4.34. The van der Waals surface area contributed by atoms with Crippen molar-refractivity contribution in [3.63, 3.8) is 0 Å². The normalized spacial score (nSPS) is 11.1. The zero-order valence-electron chi connectivity index (χ0n) is 26.9. The molecule has 2 rings (SSSR count). The van der Waals surface area contributed by atoms with Crippen LogP contribution in [-0.4, -0.2) is 30.7 Å². The molecule has 0 aliphatic carbocycles. The van der Waals surface area contributed by atoms with Crippen molar-refractivity contribution in [3.05, 3.63) is 81.9 Å². The molecule has 0 amide bonds.